The van der Waals surface area contributed by atoms with Gasteiger partial charge in [0.25, 0.3) is 0 Å². The highest BCUT2D eigenvalue weighted by Gasteiger charge is 2.30. The van der Waals surface area contributed by atoms with Crippen LogP contribution in [0.25, 0.3) is 0 Å². The third-order valence-corrected chi connectivity index (χ3v) is 5.81. The molecule has 1 fully saturated rings. The Bertz CT molecular complexity index is 443. The minimum atomic E-state index is 0.588. The molecule has 1 N–H and O–H groups in total. The minimum Gasteiger partial charge on any atom is -0.307 e. The number of halogens is 1. The van der Waals surface area contributed by atoms with Crippen molar-refractivity contribution in [2.45, 2.75) is 64.0 Å². The van der Waals surface area contributed by atoms with Crippen LogP contribution < -0.4 is 5.32 Å². The van der Waals surface area contributed by atoms with E-state index in [9.17, 15) is 0 Å². The molecular weight excluding hydrogens is 298 g/mol. The number of rotatable bonds is 3. The number of hydrogen-bond donors (Lipinski definition) is 1. The maximum Gasteiger partial charge on any atom is 0.0329 e. The van der Waals surface area contributed by atoms with Gasteiger partial charge in [-0.25, -0.2) is 0 Å². The molecule has 19 heavy (non-hydrogen) atoms. The van der Waals surface area contributed by atoms with Crippen molar-refractivity contribution in [1.29, 1.82) is 0 Å². The van der Waals surface area contributed by atoms with E-state index in [0.29, 0.717) is 6.04 Å². The summed E-state index contributed by atoms with van der Waals surface area (Å²) >= 11 is 3.70. The van der Waals surface area contributed by atoms with Crippen LogP contribution in [0.3, 0.4) is 0 Å². The fourth-order valence-electron chi connectivity index (χ4n) is 3.96. The number of fused-ring (bicyclic) bond motifs is 1. The van der Waals surface area contributed by atoms with Crippen molar-refractivity contribution in [2.24, 2.45) is 5.92 Å². The van der Waals surface area contributed by atoms with Gasteiger partial charge in [-0.2, -0.15) is 0 Å². The van der Waals surface area contributed by atoms with Gasteiger partial charge in [0.1, 0.15) is 0 Å². The smallest absolute Gasteiger partial charge is 0.0329 e. The second-order valence-electron chi connectivity index (χ2n) is 6.12. The van der Waals surface area contributed by atoms with Gasteiger partial charge in [-0.05, 0) is 48.8 Å². The zero-order valence-electron chi connectivity index (χ0n) is 11.8. The predicted octanol–water partition coefficient (Wildman–Crippen LogP) is 4.99. The Morgan fingerprint density at radius 2 is 2.05 bits per heavy atom. The Hall–Kier alpha value is -0.340. The Kier molecular flexibility index (Phi) is 4.28. The lowest BCUT2D eigenvalue weighted by molar-refractivity contribution is 0.236. The molecule has 1 nitrogen and oxygen atoms in total. The molecule has 3 rings (SSSR count). The van der Waals surface area contributed by atoms with Crippen LogP contribution >= 0.6 is 15.9 Å². The second kappa shape index (κ2) is 5.97. The maximum absolute atomic E-state index is 3.98. The number of benzene rings is 1. The van der Waals surface area contributed by atoms with Crippen LogP contribution in [0.2, 0.25) is 0 Å². The molecule has 1 saturated carbocycles. The van der Waals surface area contributed by atoms with Gasteiger partial charge in [0.2, 0.25) is 0 Å². The van der Waals surface area contributed by atoms with E-state index >= 15 is 0 Å². The normalized spacial score (nSPS) is 30.3. The van der Waals surface area contributed by atoms with Crippen molar-refractivity contribution >= 4 is 15.9 Å². The van der Waals surface area contributed by atoms with Crippen LogP contribution in [-0.2, 0) is 6.42 Å². The van der Waals surface area contributed by atoms with Crippen molar-refractivity contribution < 1.29 is 0 Å². The summed E-state index contributed by atoms with van der Waals surface area (Å²) in [6.07, 6.45) is 9.46. The van der Waals surface area contributed by atoms with Gasteiger partial charge in [0, 0.05) is 16.6 Å². The van der Waals surface area contributed by atoms with E-state index in [1.165, 1.54) is 60.5 Å². The highest BCUT2D eigenvalue weighted by Crippen LogP contribution is 2.37. The highest BCUT2D eigenvalue weighted by atomic mass is 79.9. The molecule has 0 amide bonds. The molecule has 104 valence electrons. The highest BCUT2D eigenvalue weighted by molar-refractivity contribution is 9.10. The molecule has 0 saturated heterocycles. The van der Waals surface area contributed by atoms with Crippen molar-refractivity contribution in [1.82, 2.24) is 5.32 Å². The van der Waals surface area contributed by atoms with E-state index in [4.69, 9.17) is 0 Å². The fourth-order valence-corrected chi connectivity index (χ4v) is 4.54. The Morgan fingerprint density at radius 1 is 1.21 bits per heavy atom. The molecule has 1 aromatic carbocycles. The van der Waals surface area contributed by atoms with Crippen LogP contribution in [-0.4, -0.2) is 6.04 Å². The van der Waals surface area contributed by atoms with E-state index in [0.717, 1.165) is 12.0 Å². The molecular formula is C17H24BrN. The van der Waals surface area contributed by atoms with Crippen LogP contribution in [0, 0.1) is 5.92 Å². The van der Waals surface area contributed by atoms with Crippen LogP contribution in [0.1, 0.15) is 62.6 Å². The van der Waals surface area contributed by atoms with E-state index in [-0.39, 0.29) is 0 Å². The van der Waals surface area contributed by atoms with E-state index in [1.54, 1.807) is 0 Å². The topological polar surface area (TPSA) is 12.0 Å². The lowest BCUT2D eigenvalue weighted by Crippen LogP contribution is -2.39. The molecule has 2 aliphatic rings. The molecule has 0 spiro atoms. The van der Waals surface area contributed by atoms with Crippen LogP contribution in [0.15, 0.2) is 22.7 Å². The Morgan fingerprint density at radius 3 is 2.89 bits per heavy atom. The van der Waals surface area contributed by atoms with Gasteiger partial charge < -0.3 is 5.32 Å². The molecule has 0 bridgehead atoms. The Balaban J connectivity index is 1.73. The van der Waals surface area contributed by atoms with Crippen molar-refractivity contribution in [3.05, 3.63) is 33.8 Å². The van der Waals surface area contributed by atoms with Gasteiger partial charge in [0.05, 0.1) is 0 Å². The van der Waals surface area contributed by atoms with Gasteiger partial charge in [-0.1, -0.05) is 54.2 Å². The first-order chi connectivity index (χ1) is 9.29. The van der Waals surface area contributed by atoms with Gasteiger partial charge in [-0.3, -0.25) is 0 Å². The molecule has 0 heterocycles. The minimum absolute atomic E-state index is 0.588. The zero-order valence-corrected chi connectivity index (χ0v) is 13.4. The van der Waals surface area contributed by atoms with Crippen molar-refractivity contribution in [3.63, 3.8) is 0 Å². The quantitative estimate of drug-likeness (QED) is 0.826. The molecule has 0 aromatic heterocycles. The summed E-state index contributed by atoms with van der Waals surface area (Å²) in [6, 6.07) is 8.00. The molecule has 1 aromatic rings. The summed E-state index contributed by atoms with van der Waals surface area (Å²) in [7, 11) is 0. The van der Waals surface area contributed by atoms with Crippen LogP contribution in [0.4, 0.5) is 0 Å². The molecule has 2 heteroatoms. The monoisotopic (exact) mass is 321 g/mol. The summed E-state index contributed by atoms with van der Waals surface area (Å²) in [4.78, 5) is 0. The third kappa shape index (κ3) is 2.75. The van der Waals surface area contributed by atoms with Gasteiger partial charge >= 0.3 is 0 Å². The zero-order chi connectivity index (χ0) is 13.2. The first kappa shape index (κ1) is 13.6. The van der Waals surface area contributed by atoms with Gasteiger partial charge in [0.15, 0.2) is 0 Å². The van der Waals surface area contributed by atoms with Crippen molar-refractivity contribution in [3.8, 4) is 0 Å². The SMILES string of the molecule is CCC1CCCCC1NC1CCc2c(Br)cccc21. The first-order valence-electron chi connectivity index (χ1n) is 7.83. The fraction of sp³-hybridized carbons (Fsp3) is 0.647. The number of nitrogens with one attached hydrogen (secondary N) is 1. The van der Waals surface area contributed by atoms with E-state index in [1.807, 2.05) is 0 Å². The van der Waals surface area contributed by atoms with Gasteiger partial charge in [-0.15, -0.1) is 0 Å². The van der Waals surface area contributed by atoms with Crippen LogP contribution in [0.5, 0.6) is 0 Å². The maximum atomic E-state index is 3.98. The molecule has 3 unspecified atom stereocenters. The first-order valence-corrected chi connectivity index (χ1v) is 8.62. The number of hydrogen-bond acceptors (Lipinski definition) is 1. The summed E-state index contributed by atoms with van der Waals surface area (Å²) in [5.41, 5.74) is 3.07. The van der Waals surface area contributed by atoms with E-state index < -0.39 is 0 Å². The standard InChI is InChI=1S/C17H24BrN/c1-2-12-6-3-4-9-16(12)19-17-11-10-13-14(17)7-5-8-15(13)18/h5,7-8,12,16-17,19H,2-4,6,9-11H2,1H3. The predicted molar refractivity (Wildman–Crippen MR) is 84.4 cm³/mol. The molecule has 0 radical (unpaired) electrons. The molecule has 3 atom stereocenters. The average molecular weight is 322 g/mol. The summed E-state index contributed by atoms with van der Waals surface area (Å²) in [5.74, 6) is 0.893. The van der Waals surface area contributed by atoms with Crippen molar-refractivity contribution in [2.75, 3.05) is 0 Å². The lowest BCUT2D eigenvalue weighted by Gasteiger charge is -2.34. The lowest BCUT2D eigenvalue weighted by atomic mass is 9.82. The molecule has 0 aliphatic heterocycles. The summed E-state index contributed by atoms with van der Waals surface area (Å²) in [5, 5.41) is 3.98. The molecule has 2 aliphatic carbocycles. The largest absolute Gasteiger partial charge is 0.307 e. The summed E-state index contributed by atoms with van der Waals surface area (Å²) < 4.78 is 1.30. The summed E-state index contributed by atoms with van der Waals surface area (Å²) in [6.45, 7) is 2.35. The average Bonchev–Trinajstić information content (AvgIpc) is 2.84. The second-order valence-corrected chi connectivity index (χ2v) is 6.98. The third-order valence-electron chi connectivity index (χ3n) is 5.06. The Labute approximate surface area is 125 Å². The van der Waals surface area contributed by atoms with E-state index in [2.05, 4.69) is 46.4 Å².